The van der Waals surface area contributed by atoms with Crippen molar-refractivity contribution in [1.29, 1.82) is 5.26 Å². The number of carbonyl (C=O) groups excluding carboxylic acids is 1. The summed E-state index contributed by atoms with van der Waals surface area (Å²) in [7, 11) is 0. The second kappa shape index (κ2) is 6.53. The van der Waals surface area contributed by atoms with Crippen LogP contribution in [0.1, 0.15) is 28.9 Å². The molecule has 1 atom stereocenters. The SMILES string of the molecule is N#Cc1nccnc1N1CCC[C@H](C(=O)c2ccc(F)cc2)C1. The molecule has 2 aromatic rings. The molecule has 1 aliphatic heterocycles. The standard InChI is InChI=1S/C17H15FN4O/c18-14-5-3-12(4-6-14)16(23)13-2-1-9-22(11-13)17-15(10-19)20-7-8-21-17/h3-8,13H,1-2,9,11H2/t13-/m0/s1. The minimum absolute atomic E-state index is 0.00269. The number of anilines is 1. The first-order valence-electron chi connectivity index (χ1n) is 7.45. The fourth-order valence-corrected chi connectivity index (χ4v) is 2.87. The highest BCUT2D eigenvalue weighted by Gasteiger charge is 2.28. The second-order valence-electron chi connectivity index (χ2n) is 5.50. The highest BCUT2D eigenvalue weighted by atomic mass is 19.1. The van der Waals surface area contributed by atoms with E-state index in [1.54, 1.807) is 6.20 Å². The average molecular weight is 310 g/mol. The Balaban J connectivity index is 1.79. The van der Waals surface area contributed by atoms with Gasteiger partial charge in [-0.25, -0.2) is 14.4 Å². The summed E-state index contributed by atoms with van der Waals surface area (Å²) in [5.41, 5.74) is 0.778. The van der Waals surface area contributed by atoms with E-state index in [9.17, 15) is 9.18 Å². The Bertz CT molecular complexity index is 754. The molecule has 1 saturated heterocycles. The van der Waals surface area contributed by atoms with Crippen molar-refractivity contribution in [2.45, 2.75) is 12.8 Å². The van der Waals surface area contributed by atoms with Crippen LogP contribution in [-0.4, -0.2) is 28.8 Å². The lowest BCUT2D eigenvalue weighted by atomic mass is 9.90. The van der Waals surface area contributed by atoms with Crippen molar-refractivity contribution in [3.05, 3.63) is 53.7 Å². The zero-order valence-electron chi connectivity index (χ0n) is 12.4. The summed E-state index contributed by atoms with van der Waals surface area (Å²) in [6, 6.07) is 7.65. The topological polar surface area (TPSA) is 69.9 Å². The normalized spacial score (nSPS) is 17.6. The van der Waals surface area contributed by atoms with Gasteiger partial charge in [0.1, 0.15) is 11.9 Å². The Morgan fingerprint density at radius 3 is 2.74 bits per heavy atom. The van der Waals surface area contributed by atoms with Gasteiger partial charge in [0.25, 0.3) is 0 Å². The van der Waals surface area contributed by atoms with E-state index in [-0.39, 0.29) is 23.2 Å². The van der Waals surface area contributed by atoms with Gasteiger partial charge in [0.2, 0.25) is 0 Å². The summed E-state index contributed by atoms with van der Waals surface area (Å²) < 4.78 is 13.0. The van der Waals surface area contributed by atoms with Gasteiger partial charge in [-0.3, -0.25) is 4.79 Å². The molecule has 0 bridgehead atoms. The first-order chi connectivity index (χ1) is 11.2. The van der Waals surface area contributed by atoms with Gasteiger partial charge in [0.05, 0.1) is 0 Å². The molecule has 1 aromatic heterocycles. The molecule has 1 fully saturated rings. The monoisotopic (exact) mass is 310 g/mol. The smallest absolute Gasteiger partial charge is 0.183 e. The Hall–Kier alpha value is -2.81. The van der Waals surface area contributed by atoms with Gasteiger partial charge in [-0.2, -0.15) is 5.26 Å². The van der Waals surface area contributed by atoms with Crippen molar-refractivity contribution in [2.75, 3.05) is 18.0 Å². The molecule has 3 rings (SSSR count). The maximum absolute atomic E-state index is 13.0. The number of aromatic nitrogens is 2. The minimum atomic E-state index is -0.356. The quantitative estimate of drug-likeness (QED) is 0.815. The summed E-state index contributed by atoms with van der Waals surface area (Å²) in [5, 5.41) is 9.15. The lowest BCUT2D eigenvalue weighted by Gasteiger charge is -2.33. The van der Waals surface area contributed by atoms with E-state index in [0.29, 0.717) is 17.9 Å². The summed E-state index contributed by atoms with van der Waals surface area (Å²) in [4.78, 5) is 22.8. The fourth-order valence-electron chi connectivity index (χ4n) is 2.87. The van der Waals surface area contributed by atoms with Crippen LogP contribution in [0.5, 0.6) is 0 Å². The molecule has 0 unspecified atom stereocenters. The Kier molecular flexibility index (Phi) is 4.29. The zero-order valence-corrected chi connectivity index (χ0v) is 12.4. The number of hydrogen-bond acceptors (Lipinski definition) is 5. The molecular weight excluding hydrogens is 295 g/mol. The van der Waals surface area contributed by atoms with Crippen molar-refractivity contribution in [2.24, 2.45) is 5.92 Å². The number of ketones is 1. The number of piperidine rings is 1. The molecule has 1 aromatic carbocycles. The molecule has 0 amide bonds. The van der Waals surface area contributed by atoms with E-state index < -0.39 is 0 Å². The second-order valence-corrected chi connectivity index (χ2v) is 5.50. The highest BCUT2D eigenvalue weighted by molar-refractivity contribution is 5.98. The molecule has 0 spiro atoms. The minimum Gasteiger partial charge on any atom is -0.353 e. The number of carbonyl (C=O) groups is 1. The lowest BCUT2D eigenvalue weighted by Crippen LogP contribution is -2.39. The van der Waals surface area contributed by atoms with Gasteiger partial charge in [0, 0.05) is 37.0 Å². The van der Waals surface area contributed by atoms with Crippen LogP contribution in [0.25, 0.3) is 0 Å². The van der Waals surface area contributed by atoms with Gasteiger partial charge in [-0.1, -0.05) is 0 Å². The molecule has 0 N–H and O–H groups in total. The molecule has 116 valence electrons. The van der Waals surface area contributed by atoms with Gasteiger partial charge >= 0.3 is 0 Å². The molecule has 2 heterocycles. The number of nitriles is 1. The number of rotatable bonds is 3. The molecule has 1 aliphatic rings. The van der Waals surface area contributed by atoms with Crippen molar-refractivity contribution >= 4 is 11.6 Å². The van der Waals surface area contributed by atoms with Gasteiger partial charge in [-0.05, 0) is 37.1 Å². The van der Waals surface area contributed by atoms with Gasteiger partial charge in [-0.15, -0.1) is 0 Å². The Labute approximate surface area is 133 Å². The third-order valence-electron chi connectivity index (χ3n) is 4.01. The predicted octanol–water partition coefficient (Wildman–Crippen LogP) is 2.59. The number of nitrogens with zero attached hydrogens (tertiary/aromatic N) is 4. The Morgan fingerprint density at radius 1 is 1.26 bits per heavy atom. The van der Waals surface area contributed by atoms with E-state index in [4.69, 9.17) is 5.26 Å². The maximum atomic E-state index is 13.0. The molecule has 0 aliphatic carbocycles. The number of benzene rings is 1. The van der Waals surface area contributed by atoms with Gasteiger partial charge in [0.15, 0.2) is 17.3 Å². The molecule has 23 heavy (non-hydrogen) atoms. The van der Waals surface area contributed by atoms with Crippen molar-refractivity contribution in [3.63, 3.8) is 0 Å². The first kappa shape index (κ1) is 15.1. The van der Waals surface area contributed by atoms with Crippen LogP contribution in [0.3, 0.4) is 0 Å². The first-order valence-corrected chi connectivity index (χ1v) is 7.45. The van der Waals surface area contributed by atoms with Crippen LogP contribution in [0.2, 0.25) is 0 Å². The van der Waals surface area contributed by atoms with Crippen LogP contribution < -0.4 is 4.90 Å². The van der Waals surface area contributed by atoms with Crippen molar-refractivity contribution in [3.8, 4) is 6.07 Å². The Morgan fingerprint density at radius 2 is 2.00 bits per heavy atom. The van der Waals surface area contributed by atoms with Crippen molar-refractivity contribution < 1.29 is 9.18 Å². The van der Waals surface area contributed by atoms with E-state index in [1.807, 2.05) is 11.0 Å². The molecular formula is C17H15FN4O. The number of halogens is 1. The summed E-state index contributed by atoms with van der Waals surface area (Å²) in [6.45, 7) is 1.23. The van der Waals surface area contributed by atoms with Crippen LogP contribution in [0.15, 0.2) is 36.7 Å². The van der Waals surface area contributed by atoms with Crippen LogP contribution in [-0.2, 0) is 0 Å². The fraction of sp³-hybridized carbons (Fsp3) is 0.294. The highest BCUT2D eigenvalue weighted by Crippen LogP contribution is 2.25. The van der Waals surface area contributed by atoms with E-state index in [0.717, 1.165) is 19.4 Å². The lowest BCUT2D eigenvalue weighted by molar-refractivity contribution is 0.0907. The summed E-state index contributed by atoms with van der Waals surface area (Å²) >= 11 is 0. The number of Topliss-reactive ketones (excluding diaryl/α,β-unsaturated/α-hetero) is 1. The van der Waals surface area contributed by atoms with Crippen LogP contribution in [0, 0.1) is 23.1 Å². The molecule has 0 saturated carbocycles. The molecule has 5 nitrogen and oxygen atoms in total. The third kappa shape index (κ3) is 3.19. The molecule has 0 radical (unpaired) electrons. The van der Waals surface area contributed by atoms with Crippen LogP contribution >= 0.6 is 0 Å². The van der Waals surface area contributed by atoms with E-state index in [2.05, 4.69) is 9.97 Å². The third-order valence-corrected chi connectivity index (χ3v) is 4.01. The van der Waals surface area contributed by atoms with E-state index in [1.165, 1.54) is 30.5 Å². The largest absolute Gasteiger partial charge is 0.353 e. The van der Waals surface area contributed by atoms with Crippen molar-refractivity contribution in [1.82, 2.24) is 9.97 Å². The summed E-state index contributed by atoms with van der Waals surface area (Å²) in [5.74, 6) is -0.0310. The van der Waals surface area contributed by atoms with E-state index >= 15 is 0 Å². The van der Waals surface area contributed by atoms with Gasteiger partial charge < -0.3 is 4.90 Å². The molecule has 6 heteroatoms. The van der Waals surface area contributed by atoms with Crippen LogP contribution in [0.4, 0.5) is 10.2 Å². The average Bonchev–Trinajstić information content (AvgIpc) is 2.62. The summed E-state index contributed by atoms with van der Waals surface area (Å²) in [6.07, 6.45) is 4.63. The zero-order chi connectivity index (χ0) is 16.2. The number of hydrogen-bond donors (Lipinski definition) is 0. The maximum Gasteiger partial charge on any atom is 0.183 e. The predicted molar refractivity (Wildman–Crippen MR) is 82.4 cm³/mol.